The zero-order chi connectivity index (χ0) is 15.4. The molecule has 0 bridgehead atoms. The van der Waals surface area contributed by atoms with Crippen molar-refractivity contribution >= 4 is 17.3 Å². The molecule has 7 nitrogen and oxygen atoms in total. The first-order valence-electron chi connectivity index (χ1n) is 6.62. The summed E-state index contributed by atoms with van der Waals surface area (Å²) >= 11 is 0. The Hall–Kier alpha value is -2.62. The Balaban J connectivity index is 2.51. The molecule has 1 aliphatic rings. The molecule has 0 saturated carbocycles. The lowest BCUT2D eigenvalue weighted by Gasteiger charge is -2.35. The number of hydrogen-bond donors (Lipinski definition) is 0. The highest BCUT2D eigenvalue weighted by Gasteiger charge is 2.34. The summed E-state index contributed by atoms with van der Waals surface area (Å²) in [7, 11) is 1.30. The average Bonchev–Trinajstić information content (AvgIpc) is 2.53. The molecule has 1 aromatic carbocycles. The number of piperidine rings is 1. The summed E-state index contributed by atoms with van der Waals surface area (Å²) in [6.45, 7) is 0.523. The van der Waals surface area contributed by atoms with Crippen LogP contribution in [0.15, 0.2) is 18.2 Å². The van der Waals surface area contributed by atoms with E-state index in [0.717, 1.165) is 12.8 Å². The van der Waals surface area contributed by atoms with Gasteiger partial charge in [0.15, 0.2) is 0 Å². The summed E-state index contributed by atoms with van der Waals surface area (Å²) in [4.78, 5) is 24.3. The molecule has 110 valence electrons. The summed E-state index contributed by atoms with van der Waals surface area (Å²) < 4.78 is 4.78. The molecule has 0 radical (unpaired) electrons. The van der Waals surface area contributed by atoms with Crippen molar-refractivity contribution in [1.82, 2.24) is 0 Å². The van der Waals surface area contributed by atoms with Crippen LogP contribution in [0.5, 0.6) is 0 Å². The second kappa shape index (κ2) is 6.22. The van der Waals surface area contributed by atoms with Crippen LogP contribution in [0, 0.1) is 21.4 Å². The van der Waals surface area contributed by atoms with E-state index in [2.05, 4.69) is 0 Å². The van der Waals surface area contributed by atoms with Gasteiger partial charge in [0, 0.05) is 6.54 Å². The van der Waals surface area contributed by atoms with Crippen molar-refractivity contribution in [3.8, 4) is 6.07 Å². The van der Waals surface area contributed by atoms with Crippen LogP contribution in [-0.4, -0.2) is 30.6 Å². The molecule has 1 atom stereocenters. The number of rotatable bonds is 3. The summed E-state index contributed by atoms with van der Waals surface area (Å²) in [6.07, 6.45) is 2.28. The van der Waals surface area contributed by atoms with E-state index in [1.165, 1.54) is 13.2 Å². The number of hydrogen-bond acceptors (Lipinski definition) is 6. The molecule has 7 heteroatoms. The van der Waals surface area contributed by atoms with E-state index in [1.807, 2.05) is 6.07 Å². The maximum Gasteiger partial charge on any atom is 0.328 e. The average molecular weight is 289 g/mol. The van der Waals surface area contributed by atoms with Crippen molar-refractivity contribution < 1.29 is 14.5 Å². The number of nitriles is 1. The fourth-order valence-corrected chi connectivity index (χ4v) is 2.65. The molecule has 1 fully saturated rings. The molecule has 1 unspecified atom stereocenters. The maximum atomic E-state index is 11.9. The van der Waals surface area contributed by atoms with Gasteiger partial charge in [-0.2, -0.15) is 5.26 Å². The number of para-hydroxylation sites is 1. The van der Waals surface area contributed by atoms with Gasteiger partial charge in [-0.3, -0.25) is 10.1 Å². The third kappa shape index (κ3) is 2.79. The number of benzene rings is 1. The van der Waals surface area contributed by atoms with Gasteiger partial charge in [0.2, 0.25) is 0 Å². The van der Waals surface area contributed by atoms with Crippen molar-refractivity contribution in [2.45, 2.75) is 25.3 Å². The van der Waals surface area contributed by atoms with Gasteiger partial charge in [0.1, 0.15) is 23.4 Å². The Labute approximate surface area is 121 Å². The molecule has 1 saturated heterocycles. The minimum atomic E-state index is -0.573. The largest absolute Gasteiger partial charge is 0.467 e. The van der Waals surface area contributed by atoms with E-state index >= 15 is 0 Å². The topological polar surface area (TPSA) is 96.5 Å². The summed E-state index contributed by atoms with van der Waals surface area (Å²) in [6, 6.07) is 5.84. The molecule has 1 aromatic rings. The number of carbonyl (C=O) groups excluding carboxylic acids is 1. The Bertz CT molecular complexity index is 609. The number of nitro benzene ring substituents is 1. The molecular formula is C14H15N3O4. The number of anilines is 1. The number of esters is 1. The molecule has 21 heavy (non-hydrogen) atoms. The Morgan fingerprint density at radius 1 is 1.52 bits per heavy atom. The first-order valence-corrected chi connectivity index (χ1v) is 6.62. The smallest absolute Gasteiger partial charge is 0.328 e. The summed E-state index contributed by atoms with van der Waals surface area (Å²) in [5.74, 6) is -0.411. The molecule has 1 aliphatic heterocycles. The van der Waals surface area contributed by atoms with E-state index in [4.69, 9.17) is 10.00 Å². The fraction of sp³-hybridized carbons (Fsp3) is 0.429. The Morgan fingerprint density at radius 2 is 2.29 bits per heavy atom. The lowest BCUT2D eigenvalue weighted by atomic mass is 10.00. The predicted octanol–water partition coefficient (Wildman–Crippen LogP) is 2.00. The first kappa shape index (κ1) is 14.8. The van der Waals surface area contributed by atoms with Crippen LogP contribution in [0.25, 0.3) is 0 Å². The molecule has 1 heterocycles. The Morgan fingerprint density at radius 3 is 2.90 bits per heavy atom. The highest BCUT2D eigenvalue weighted by Crippen LogP contribution is 2.35. The van der Waals surface area contributed by atoms with Gasteiger partial charge < -0.3 is 9.64 Å². The van der Waals surface area contributed by atoms with E-state index < -0.39 is 16.9 Å². The van der Waals surface area contributed by atoms with Crippen LogP contribution in [-0.2, 0) is 9.53 Å². The van der Waals surface area contributed by atoms with Gasteiger partial charge in [0.05, 0.1) is 12.0 Å². The number of methoxy groups -OCH3 is 1. The normalized spacial score (nSPS) is 17.9. The van der Waals surface area contributed by atoms with Crippen LogP contribution in [0.1, 0.15) is 24.8 Å². The highest BCUT2D eigenvalue weighted by atomic mass is 16.6. The van der Waals surface area contributed by atoms with E-state index in [1.54, 1.807) is 17.0 Å². The quantitative estimate of drug-likeness (QED) is 0.479. The lowest BCUT2D eigenvalue weighted by Crippen LogP contribution is -2.45. The third-order valence-corrected chi connectivity index (χ3v) is 3.60. The Kier molecular flexibility index (Phi) is 4.38. The standard InChI is InChI=1S/C14H15N3O4/c1-21-14(18)12-6-2-3-8-16(12)11-7-4-5-10(9-15)13(11)17(19)20/h4-5,7,12H,2-3,6,8H2,1H3. The first-order chi connectivity index (χ1) is 10.1. The van der Waals surface area contributed by atoms with Crippen LogP contribution < -0.4 is 4.90 Å². The van der Waals surface area contributed by atoms with Gasteiger partial charge in [-0.25, -0.2) is 4.79 Å². The minimum absolute atomic E-state index is 0.00770. The molecule has 0 amide bonds. The van der Waals surface area contributed by atoms with Crippen molar-refractivity contribution in [3.63, 3.8) is 0 Å². The van der Waals surface area contributed by atoms with Gasteiger partial charge in [-0.15, -0.1) is 0 Å². The second-order valence-electron chi connectivity index (χ2n) is 4.77. The van der Waals surface area contributed by atoms with Crippen LogP contribution >= 0.6 is 0 Å². The number of nitrogens with zero attached hydrogens (tertiary/aromatic N) is 3. The zero-order valence-corrected chi connectivity index (χ0v) is 11.6. The van der Waals surface area contributed by atoms with Gasteiger partial charge in [-0.1, -0.05) is 6.07 Å². The highest BCUT2D eigenvalue weighted by molar-refractivity contribution is 5.82. The fourth-order valence-electron chi connectivity index (χ4n) is 2.65. The van der Waals surface area contributed by atoms with E-state index in [0.29, 0.717) is 18.7 Å². The maximum absolute atomic E-state index is 11.9. The SMILES string of the molecule is COC(=O)C1CCCCN1c1cccc(C#N)c1[N+](=O)[O-]. The van der Waals surface area contributed by atoms with Crippen molar-refractivity contribution in [1.29, 1.82) is 5.26 Å². The van der Waals surface area contributed by atoms with Gasteiger partial charge in [0.25, 0.3) is 0 Å². The second-order valence-corrected chi connectivity index (χ2v) is 4.77. The van der Waals surface area contributed by atoms with Crippen LogP contribution in [0.3, 0.4) is 0 Å². The molecule has 0 N–H and O–H groups in total. The third-order valence-electron chi connectivity index (χ3n) is 3.60. The molecular weight excluding hydrogens is 274 g/mol. The summed E-state index contributed by atoms with van der Waals surface area (Å²) in [5, 5.41) is 20.3. The lowest BCUT2D eigenvalue weighted by molar-refractivity contribution is -0.384. The zero-order valence-electron chi connectivity index (χ0n) is 11.6. The monoisotopic (exact) mass is 289 g/mol. The van der Waals surface area contributed by atoms with E-state index in [-0.39, 0.29) is 11.3 Å². The van der Waals surface area contributed by atoms with Gasteiger partial charge >= 0.3 is 11.7 Å². The van der Waals surface area contributed by atoms with E-state index in [9.17, 15) is 14.9 Å². The van der Waals surface area contributed by atoms with Crippen molar-refractivity contribution in [2.75, 3.05) is 18.6 Å². The van der Waals surface area contributed by atoms with Crippen molar-refractivity contribution in [3.05, 3.63) is 33.9 Å². The number of nitro groups is 1. The van der Waals surface area contributed by atoms with Crippen LogP contribution in [0.4, 0.5) is 11.4 Å². The number of ether oxygens (including phenoxy) is 1. The van der Waals surface area contributed by atoms with Gasteiger partial charge in [-0.05, 0) is 31.4 Å². The van der Waals surface area contributed by atoms with Crippen LogP contribution in [0.2, 0.25) is 0 Å². The molecule has 2 rings (SSSR count). The predicted molar refractivity (Wildman–Crippen MR) is 74.8 cm³/mol. The molecule has 0 aromatic heterocycles. The molecule has 0 aliphatic carbocycles. The summed E-state index contributed by atoms with van der Waals surface area (Å²) in [5.41, 5.74) is 0.0386. The molecule has 0 spiro atoms. The number of carbonyl (C=O) groups is 1. The van der Waals surface area contributed by atoms with Crippen molar-refractivity contribution in [2.24, 2.45) is 0 Å². The minimum Gasteiger partial charge on any atom is -0.467 e.